The number of hydrogen-bond donors (Lipinski definition) is 0. The maximum absolute atomic E-state index is 11.7. The van der Waals surface area contributed by atoms with Crippen LogP contribution in [0.2, 0.25) is 0 Å². The van der Waals surface area contributed by atoms with Gasteiger partial charge in [-0.25, -0.2) is 9.98 Å². The molecule has 5 nitrogen and oxygen atoms in total. The summed E-state index contributed by atoms with van der Waals surface area (Å²) in [4.78, 5) is 26.6. The van der Waals surface area contributed by atoms with Gasteiger partial charge in [-0.3, -0.25) is 4.79 Å². The Bertz CT molecular complexity index is 448. The van der Waals surface area contributed by atoms with E-state index in [0.29, 0.717) is 11.7 Å². The number of amidine groups is 3. The molecule has 1 saturated heterocycles. The van der Waals surface area contributed by atoms with Crippen molar-refractivity contribution in [2.75, 3.05) is 13.1 Å². The summed E-state index contributed by atoms with van der Waals surface area (Å²) >= 11 is 1.50. The predicted octanol–water partition coefficient (Wildman–Crippen LogP) is 1.30. The summed E-state index contributed by atoms with van der Waals surface area (Å²) < 4.78 is 0. The number of carbonyl (C=O) groups is 1. The minimum absolute atomic E-state index is 0.117. The van der Waals surface area contributed by atoms with Crippen LogP contribution in [0.3, 0.4) is 0 Å². The minimum Gasteiger partial charge on any atom is -0.351 e. The summed E-state index contributed by atoms with van der Waals surface area (Å²) in [5.74, 6) is 1.03. The monoisotopic (exact) mass is 250 g/mol. The summed E-state index contributed by atoms with van der Waals surface area (Å²) in [5.41, 5.74) is 0. The van der Waals surface area contributed by atoms with Crippen LogP contribution in [0.5, 0.6) is 0 Å². The van der Waals surface area contributed by atoms with E-state index >= 15 is 0 Å². The molecule has 3 aliphatic heterocycles. The van der Waals surface area contributed by atoms with Crippen LogP contribution in [-0.4, -0.2) is 46.0 Å². The molecule has 0 radical (unpaired) electrons. The molecule has 1 fully saturated rings. The Labute approximate surface area is 104 Å². The van der Waals surface area contributed by atoms with Gasteiger partial charge in [0.05, 0.1) is 0 Å². The zero-order valence-corrected chi connectivity index (χ0v) is 10.5. The smallest absolute Gasteiger partial charge is 0.268 e. The third-order valence-corrected chi connectivity index (χ3v) is 4.28. The van der Waals surface area contributed by atoms with Crippen LogP contribution in [0, 0.1) is 0 Å². The molecule has 0 bridgehead atoms. The Balaban J connectivity index is 1.82. The number of thioether (sulfide) groups is 1. The number of hydrogen-bond acceptors (Lipinski definition) is 5. The average Bonchev–Trinajstić information content (AvgIpc) is 2.74. The molecule has 3 heterocycles. The first-order valence-corrected chi connectivity index (χ1v) is 6.80. The van der Waals surface area contributed by atoms with Crippen LogP contribution in [0.4, 0.5) is 0 Å². The SMILES string of the molecule is CC1=NC(=O)C2SC(N3CCCCC3)=NC2=N1. The minimum atomic E-state index is -0.296. The first kappa shape index (κ1) is 11.0. The maximum Gasteiger partial charge on any atom is 0.268 e. The van der Waals surface area contributed by atoms with E-state index in [4.69, 9.17) is 0 Å². The summed E-state index contributed by atoms with van der Waals surface area (Å²) in [6.07, 6.45) is 3.71. The Hall–Kier alpha value is -1.17. The van der Waals surface area contributed by atoms with Crippen LogP contribution in [0.25, 0.3) is 0 Å². The zero-order chi connectivity index (χ0) is 11.8. The molecule has 3 aliphatic rings. The topological polar surface area (TPSA) is 57.4 Å². The van der Waals surface area contributed by atoms with Crippen molar-refractivity contribution in [2.24, 2.45) is 15.0 Å². The van der Waals surface area contributed by atoms with Crippen LogP contribution < -0.4 is 0 Å². The van der Waals surface area contributed by atoms with Gasteiger partial charge >= 0.3 is 0 Å². The lowest BCUT2D eigenvalue weighted by Crippen LogP contribution is -2.33. The van der Waals surface area contributed by atoms with E-state index in [1.165, 1.54) is 31.0 Å². The van der Waals surface area contributed by atoms with Gasteiger partial charge in [-0.15, -0.1) is 0 Å². The van der Waals surface area contributed by atoms with E-state index in [0.717, 1.165) is 18.3 Å². The predicted molar refractivity (Wildman–Crippen MR) is 69.8 cm³/mol. The van der Waals surface area contributed by atoms with Gasteiger partial charge in [0.1, 0.15) is 5.84 Å². The van der Waals surface area contributed by atoms with E-state index in [2.05, 4.69) is 19.9 Å². The molecule has 6 heteroatoms. The Morgan fingerprint density at radius 2 is 1.94 bits per heavy atom. The average molecular weight is 250 g/mol. The van der Waals surface area contributed by atoms with Gasteiger partial charge in [-0.2, -0.15) is 4.99 Å². The number of rotatable bonds is 0. The molecular formula is C11H14N4OS. The van der Waals surface area contributed by atoms with Crippen molar-refractivity contribution in [3.05, 3.63) is 0 Å². The molecule has 1 atom stereocenters. The quantitative estimate of drug-likeness (QED) is 0.651. The summed E-state index contributed by atoms with van der Waals surface area (Å²) in [6, 6.07) is 0. The van der Waals surface area contributed by atoms with Gasteiger partial charge in [0.2, 0.25) is 0 Å². The Kier molecular flexibility index (Phi) is 2.74. The number of nitrogens with zero attached hydrogens (tertiary/aromatic N) is 4. The second-order valence-electron chi connectivity index (χ2n) is 4.41. The molecule has 0 aliphatic carbocycles. The van der Waals surface area contributed by atoms with Crippen molar-refractivity contribution in [1.29, 1.82) is 0 Å². The second-order valence-corrected chi connectivity index (χ2v) is 5.48. The lowest BCUT2D eigenvalue weighted by Gasteiger charge is -2.27. The molecule has 0 N–H and O–H groups in total. The molecular weight excluding hydrogens is 236 g/mol. The standard InChI is InChI=1S/C11H14N4OS/c1-7-12-9-8(10(16)13-7)17-11(14-9)15-5-3-2-4-6-15/h8H,2-6H2,1H3. The van der Waals surface area contributed by atoms with Crippen molar-refractivity contribution >= 4 is 34.5 Å². The molecule has 17 heavy (non-hydrogen) atoms. The van der Waals surface area contributed by atoms with Crippen molar-refractivity contribution in [3.8, 4) is 0 Å². The molecule has 1 amide bonds. The summed E-state index contributed by atoms with van der Waals surface area (Å²) in [6.45, 7) is 3.82. The van der Waals surface area contributed by atoms with Crippen LogP contribution in [0.15, 0.2) is 15.0 Å². The van der Waals surface area contributed by atoms with E-state index in [9.17, 15) is 4.79 Å². The molecule has 90 valence electrons. The van der Waals surface area contributed by atoms with E-state index in [-0.39, 0.29) is 11.2 Å². The zero-order valence-electron chi connectivity index (χ0n) is 9.72. The van der Waals surface area contributed by atoms with Crippen LogP contribution in [0.1, 0.15) is 26.2 Å². The van der Waals surface area contributed by atoms with Crippen LogP contribution >= 0.6 is 11.8 Å². The maximum atomic E-state index is 11.7. The molecule has 1 unspecified atom stereocenters. The molecule has 0 saturated carbocycles. The first-order valence-electron chi connectivity index (χ1n) is 5.92. The number of likely N-dealkylation sites (tertiary alicyclic amines) is 1. The number of fused-ring (bicyclic) bond motifs is 1. The number of amides is 1. The highest BCUT2D eigenvalue weighted by Gasteiger charge is 2.37. The summed E-state index contributed by atoms with van der Waals surface area (Å²) in [7, 11) is 0. The number of aliphatic imine (C=N–C) groups is 3. The largest absolute Gasteiger partial charge is 0.351 e. The highest BCUT2D eigenvalue weighted by Crippen LogP contribution is 2.29. The van der Waals surface area contributed by atoms with Crippen LogP contribution in [-0.2, 0) is 4.79 Å². The lowest BCUT2D eigenvalue weighted by molar-refractivity contribution is -0.116. The van der Waals surface area contributed by atoms with Crippen molar-refractivity contribution in [1.82, 2.24) is 4.90 Å². The third-order valence-electron chi connectivity index (χ3n) is 3.07. The van der Waals surface area contributed by atoms with Crippen molar-refractivity contribution < 1.29 is 4.79 Å². The molecule has 0 aromatic heterocycles. The number of piperidine rings is 1. The van der Waals surface area contributed by atoms with E-state index in [1.807, 2.05) is 0 Å². The van der Waals surface area contributed by atoms with Gasteiger partial charge in [0, 0.05) is 13.1 Å². The Morgan fingerprint density at radius 1 is 1.18 bits per heavy atom. The van der Waals surface area contributed by atoms with Gasteiger partial charge in [-0.05, 0) is 26.2 Å². The molecule has 0 spiro atoms. The molecule has 0 aromatic rings. The molecule has 3 rings (SSSR count). The van der Waals surface area contributed by atoms with Gasteiger partial charge in [0.25, 0.3) is 5.91 Å². The third kappa shape index (κ3) is 2.01. The highest BCUT2D eigenvalue weighted by atomic mass is 32.2. The number of carbonyl (C=O) groups excluding carboxylic acids is 1. The van der Waals surface area contributed by atoms with Gasteiger partial charge in [0.15, 0.2) is 16.3 Å². The normalized spacial score (nSPS) is 28.5. The van der Waals surface area contributed by atoms with Gasteiger partial charge < -0.3 is 4.90 Å². The fourth-order valence-electron chi connectivity index (χ4n) is 2.22. The van der Waals surface area contributed by atoms with Crippen molar-refractivity contribution in [2.45, 2.75) is 31.4 Å². The summed E-state index contributed by atoms with van der Waals surface area (Å²) in [5, 5.41) is 0.655. The lowest BCUT2D eigenvalue weighted by atomic mass is 10.1. The first-order chi connectivity index (χ1) is 8.24. The highest BCUT2D eigenvalue weighted by molar-refractivity contribution is 8.16. The van der Waals surface area contributed by atoms with E-state index < -0.39 is 0 Å². The van der Waals surface area contributed by atoms with E-state index in [1.54, 1.807) is 6.92 Å². The van der Waals surface area contributed by atoms with Gasteiger partial charge in [-0.1, -0.05) is 11.8 Å². The van der Waals surface area contributed by atoms with Crippen molar-refractivity contribution in [3.63, 3.8) is 0 Å². The Morgan fingerprint density at radius 3 is 2.71 bits per heavy atom. The fourth-order valence-corrected chi connectivity index (χ4v) is 3.28. The second kappa shape index (κ2) is 4.25. The molecule has 0 aromatic carbocycles. The fraction of sp³-hybridized carbons (Fsp3) is 0.636.